The summed E-state index contributed by atoms with van der Waals surface area (Å²) < 4.78 is 5.21. The monoisotopic (exact) mass is 245 g/mol. The van der Waals surface area contributed by atoms with E-state index in [0.717, 1.165) is 39.1 Å². The molecular weight excluding hydrogens is 214 g/mol. The summed E-state index contributed by atoms with van der Waals surface area (Å²) in [7, 11) is 3.93. The van der Waals surface area contributed by atoms with E-state index in [-0.39, 0.29) is 0 Å². The Morgan fingerprint density at radius 3 is 2.65 bits per heavy atom. The van der Waals surface area contributed by atoms with E-state index in [2.05, 4.69) is 31.1 Å². The van der Waals surface area contributed by atoms with Crippen LogP contribution in [-0.4, -0.2) is 57.4 Å². The van der Waals surface area contributed by atoms with Crippen LogP contribution in [-0.2, 0) is 4.74 Å². The summed E-state index contributed by atoms with van der Waals surface area (Å²) in [6.07, 6.45) is 3.35. The largest absolute Gasteiger partial charge is 0.383 e. The molecule has 0 aliphatic carbocycles. The fourth-order valence-electron chi connectivity index (χ4n) is 1.79. The fraction of sp³-hybridized carbons (Fsp3) is 1.00. The quantitative estimate of drug-likeness (QED) is 0.571. The lowest BCUT2D eigenvalue weighted by Crippen LogP contribution is -2.40. The average molecular weight is 245 g/mol. The number of likely N-dealkylation sites (N-methyl/N-ethyl adjacent to an activating group) is 1. The minimum Gasteiger partial charge on any atom is -0.383 e. The summed E-state index contributed by atoms with van der Waals surface area (Å²) in [5.74, 6) is 0. The van der Waals surface area contributed by atoms with Crippen LogP contribution in [0.4, 0.5) is 0 Å². The van der Waals surface area contributed by atoms with Crippen LogP contribution in [0.1, 0.15) is 33.1 Å². The first-order chi connectivity index (χ1) is 8.15. The number of hydrogen-bond donors (Lipinski definition) is 2. The van der Waals surface area contributed by atoms with Gasteiger partial charge in [0.1, 0.15) is 0 Å². The third-order valence-electron chi connectivity index (χ3n) is 3.37. The van der Waals surface area contributed by atoms with Gasteiger partial charge in [0.2, 0.25) is 0 Å². The van der Waals surface area contributed by atoms with Gasteiger partial charge in [-0.25, -0.2) is 0 Å². The molecule has 2 atom stereocenters. The Hall–Kier alpha value is -0.160. The second-order valence-corrected chi connectivity index (χ2v) is 4.78. The molecule has 0 saturated carbocycles. The number of methoxy groups -OCH3 is 1. The highest BCUT2D eigenvalue weighted by Crippen LogP contribution is 2.00. The summed E-state index contributed by atoms with van der Waals surface area (Å²) in [6, 6.07) is 1.09. The third-order valence-corrected chi connectivity index (χ3v) is 3.37. The molecule has 0 rings (SSSR count). The minimum absolute atomic E-state index is 0.439. The molecule has 4 nitrogen and oxygen atoms in total. The van der Waals surface area contributed by atoms with Gasteiger partial charge >= 0.3 is 0 Å². The lowest BCUT2D eigenvalue weighted by Gasteiger charge is -2.25. The van der Waals surface area contributed by atoms with Gasteiger partial charge in [0.25, 0.3) is 0 Å². The molecule has 0 aliphatic heterocycles. The predicted octanol–water partition coefficient (Wildman–Crippen LogP) is 1.06. The maximum atomic E-state index is 5.53. The molecule has 0 bridgehead atoms. The molecule has 17 heavy (non-hydrogen) atoms. The maximum Gasteiger partial charge on any atom is 0.0615 e. The van der Waals surface area contributed by atoms with Crippen LogP contribution in [0.15, 0.2) is 0 Å². The van der Waals surface area contributed by atoms with Gasteiger partial charge < -0.3 is 20.7 Å². The molecule has 0 amide bonds. The standard InChI is InChI=1S/C13H31N3O/c1-5-12(2)16(3)10-9-15-13(11-17-4)7-6-8-14/h12-13,15H,5-11,14H2,1-4H3. The van der Waals surface area contributed by atoms with Crippen molar-refractivity contribution in [3.05, 3.63) is 0 Å². The average Bonchev–Trinajstić information content (AvgIpc) is 2.34. The molecular formula is C13H31N3O. The van der Waals surface area contributed by atoms with Crippen molar-refractivity contribution in [2.24, 2.45) is 5.73 Å². The number of nitrogens with two attached hydrogens (primary N) is 1. The molecule has 0 fully saturated rings. The van der Waals surface area contributed by atoms with Gasteiger partial charge in [-0.15, -0.1) is 0 Å². The zero-order chi connectivity index (χ0) is 13.1. The molecule has 0 aromatic heterocycles. The van der Waals surface area contributed by atoms with Gasteiger partial charge in [-0.05, 0) is 39.8 Å². The number of ether oxygens (including phenoxy) is 1. The number of nitrogens with zero attached hydrogens (tertiary/aromatic N) is 1. The van der Waals surface area contributed by atoms with E-state index in [1.807, 2.05) is 0 Å². The molecule has 0 aliphatic rings. The summed E-state index contributed by atoms with van der Waals surface area (Å²) >= 11 is 0. The van der Waals surface area contributed by atoms with Crippen LogP contribution < -0.4 is 11.1 Å². The van der Waals surface area contributed by atoms with E-state index in [1.165, 1.54) is 6.42 Å². The van der Waals surface area contributed by atoms with Gasteiger partial charge in [0.15, 0.2) is 0 Å². The maximum absolute atomic E-state index is 5.53. The van der Waals surface area contributed by atoms with Crippen LogP contribution in [0.25, 0.3) is 0 Å². The minimum atomic E-state index is 0.439. The Morgan fingerprint density at radius 1 is 1.41 bits per heavy atom. The highest BCUT2D eigenvalue weighted by atomic mass is 16.5. The Labute approximate surface area is 107 Å². The van der Waals surface area contributed by atoms with Crippen molar-refractivity contribution in [2.45, 2.75) is 45.2 Å². The molecule has 0 saturated heterocycles. The van der Waals surface area contributed by atoms with Gasteiger partial charge in [-0.2, -0.15) is 0 Å². The molecule has 4 heteroatoms. The van der Waals surface area contributed by atoms with E-state index in [9.17, 15) is 0 Å². The molecule has 0 aromatic carbocycles. The van der Waals surface area contributed by atoms with Crippen LogP contribution >= 0.6 is 0 Å². The third kappa shape index (κ3) is 8.55. The first-order valence-corrected chi connectivity index (χ1v) is 6.78. The van der Waals surface area contributed by atoms with E-state index in [1.54, 1.807) is 7.11 Å². The topological polar surface area (TPSA) is 50.5 Å². The smallest absolute Gasteiger partial charge is 0.0615 e. The van der Waals surface area contributed by atoms with E-state index < -0.39 is 0 Å². The van der Waals surface area contributed by atoms with Gasteiger partial charge in [0.05, 0.1) is 6.61 Å². The van der Waals surface area contributed by atoms with Gasteiger partial charge in [0, 0.05) is 32.3 Å². The Kier molecular flexibility index (Phi) is 10.9. The first kappa shape index (κ1) is 16.8. The van der Waals surface area contributed by atoms with Crippen LogP contribution in [0, 0.1) is 0 Å². The zero-order valence-corrected chi connectivity index (χ0v) is 12.0. The second-order valence-electron chi connectivity index (χ2n) is 4.78. The summed E-state index contributed by atoms with van der Waals surface area (Å²) in [5, 5.41) is 3.54. The Balaban J connectivity index is 3.72. The molecule has 0 aromatic rings. The number of rotatable bonds is 11. The van der Waals surface area contributed by atoms with Crippen molar-refractivity contribution in [1.29, 1.82) is 0 Å². The van der Waals surface area contributed by atoms with E-state index >= 15 is 0 Å². The predicted molar refractivity (Wildman–Crippen MR) is 74.3 cm³/mol. The highest BCUT2D eigenvalue weighted by molar-refractivity contribution is 4.69. The first-order valence-electron chi connectivity index (χ1n) is 6.78. The van der Waals surface area contributed by atoms with Crippen molar-refractivity contribution >= 4 is 0 Å². The Morgan fingerprint density at radius 2 is 2.12 bits per heavy atom. The SMILES string of the molecule is CCC(C)N(C)CCNC(CCCN)COC. The summed E-state index contributed by atoms with van der Waals surface area (Å²) in [6.45, 7) is 8.11. The highest BCUT2D eigenvalue weighted by Gasteiger charge is 2.09. The molecule has 0 radical (unpaired) electrons. The van der Waals surface area contributed by atoms with E-state index in [4.69, 9.17) is 10.5 Å². The van der Waals surface area contributed by atoms with Crippen LogP contribution in [0.2, 0.25) is 0 Å². The molecule has 2 unspecified atom stereocenters. The lowest BCUT2D eigenvalue weighted by atomic mass is 10.1. The second kappa shape index (κ2) is 11.0. The van der Waals surface area contributed by atoms with Crippen molar-refractivity contribution in [3.8, 4) is 0 Å². The fourth-order valence-corrected chi connectivity index (χ4v) is 1.79. The van der Waals surface area contributed by atoms with Gasteiger partial charge in [-0.3, -0.25) is 0 Å². The molecule has 104 valence electrons. The number of hydrogen-bond acceptors (Lipinski definition) is 4. The van der Waals surface area contributed by atoms with Crippen LogP contribution in [0.5, 0.6) is 0 Å². The van der Waals surface area contributed by atoms with E-state index in [0.29, 0.717) is 12.1 Å². The number of nitrogens with one attached hydrogen (secondary N) is 1. The molecule has 0 heterocycles. The summed E-state index contributed by atoms with van der Waals surface area (Å²) in [4.78, 5) is 2.39. The van der Waals surface area contributed by atoms with Crippen molar-refractivity contribution in [1.82, 2.24) is 10.2 Å². The van der Waals surface area contributed by atoms with Crippen LogP contribution in [0.3, 0.4) is 0 Å². The van der Waals surface area contributed by atoms with Crippen molar-refractivity contribution in [2.75, 3.05) is 40.4 Å². The van der Waals surface area contributed by atoms with Gasteiger partial charge in [-0.1, -0.05) is 6.92 Å². The lowest BCUT2D eigenvalue weighted by molar-refractivity contribution is 0.157. The summed E-state index contributed by atoms with van der Waals surface area (Å²) in [5.41, 5.74) is 5.53. The zero-order valence-electron chi connectivity index (χ0n) is 12.0. The Bertz CT molecular complexity index is 167. The van der Waals surface area contributed by atoms with Crippen molar-refractivity contribution in [3.63, 3.8) is 0 Å². The molecule has 0 spiro atoms. The van der Waals surface area contributed by atoms with Crippen molar-refractivity contribution < 1.29 is 4.74 Å². The molecule has 3 N–H and O–H groups in total. The normalized spacial score (nSPS) is 15.2.